The number of thioether (sulfide) groups is 1. The minimum Gasteiger partial charge on any atom is -0.493 e. The Morgan fingerprint density at radius 2 is 1.82 bits per heavy atom. The van der Waals surface area contributed by atoms with E-state index < -0.39 is 0 Å². The van der Waals surface area contributed by atoms with Crippen molar-refractivity contribution in [1.82, 2.24) is 19.2 Å². The van der Waals surface area contributed by atoms with Crippen LogP contribution in [-0.4, -0.2) is 44.9 Å². The smallest absolute Gasteiger partial charge is 0.262 e. The van der Waals surface area contributed by atoms with Gasteiger partial charge in [0, 0.05) is 12.1 Å². The summed E-state index contributed by atoms with van der Waals surface area (Å²) in [5, 5.41) is 9.80. The first-order valence-electron chi connectivity index (χ1n) is 10.7. The van der Waals surface area contributed by atoms with Gasteiger partial charge in [0.2, 0.25) is 5.78 Å². The molecule has 0 aliphatic carbocycles. The molecule has 9 heteroatoms. The lowest BCUT2D eigenvalue weighted by Gasteiger charge is -2.12. The van der Waals surface area contributed by atoms with Crippen molar-refractivity contribution >= 4 is 34.2 Å². The van der Waals surface area contributed by atoms with Gasteiger partial charge in [-0.05, 0) is 42.7 Å². The molecule has 2 aromatic carbocycles. The molecule has 0 spiro atoms. The summed E-state index contributed by atoms with van der Waals surface area (Å²) in [7, 11) is 3.09. The van der Waals surface area contributed by atoms with E-state index >= 15 is 0 Å². The molecule has 0 saturated carbocycles. The maximum atomic E-state index is 13.1. The summed E-state index contributed by atoms with van der Waals surface area (Å²) < 4.78 is 14.1. The number of nitrogens with zero attached hydrogens (tertiary/aromatic N) is 4. The molecule has 2 heterocycles. The molecular weight excluding hydrogens is 440 g/mol. The highest BCUT2D eigenvalue weighted by Gasteiger charge is 2.18. The Morgan fingerprint density at radius 1 is 1.06 bits per heavy atom. The summed E-state index contributed by atoms with van der Waals surface area (Å²) in [6.45, 7) is 4.79. The molecule has 0 amide bonds. The fraction of sp³-hybridized carbons (Fsp3) is 0.333. The summed E-state index contributed by atoms with van der Waals surface area (Å²) in [6, 6.07) is 12.5. The summed E-state index contributed by atoms with van der Waals surface area (Å²) in [4.78, 5) is 26.0. The van der Waals surface area contributed by atoms with Crippen LogP contribution in [0.2, 0.25) is 0 Å². The molecule has 4 aromatic rings. The highest BCUT2D eigenvalue weighted by Crippen LogP contribution is 2.29. The number of benzene rings is 2. The number of carbonyl (C=O) groups excluding carboxylic acids is 1. The van der Waals surface area contributed by atoms with Gasteiger partial charge in [0.25, 0.3) is 5.56 Å². The van der Waals surface area contributed by atoms with Crippen molar-refractivity contribution in [3.05, 3.63) is 58.4 Å². The lowest BCUT2D eigenvalue weighted by atomic mass is 10.1. The molecule has 0 aliphatic heterocycles. The number of carbonyl (C=O) groups is 1. The summed E-state index contributed by atoms with van der Waals surface area (Å²) in [5.74, 6) is 2.09. The number of ether oxygens (including phenoxy) is 2. The summed E-state index contributed by atoms with van der Waals surface area (Å²) in [5.41, 5.74) is 1.17. The molecule has 0 bridgehead atoms. The molecule has 172 valence electrons. The van der Waals surface area contributed by atoms with Crippen molar-refractivity contribution in [3.8, 4) is 11.5 Å². The van der Waals surface area contributed by atoms with Gasteiger partial charge in [-0.15, -0.1) is 10.2 Å². The van der Waals surface area contributed by atoms with E-state index in [-0.39, 0.29) is 17.1 Å². The third-order valence-electron chi connectivity index (χ3n) is 5.45. The fourth-order valence-corrected chi connectivity index (χ4v) is 4.47. The topological polar surface area (TPSA) is 87.7 Å². The normalized spacial score (nSPS) is 11.4. The molecule has 0 aliphatic rings. The van der Waals surface area contributed by atoms with Gasteiger partial charge < -0.3 is 9.47 Å². The van der Waals surface area contributed by atoms with Crippen LogP contribution in [0.15, 0.2) is 52.4 Å². The summed E-state index contributed by atoms with van der Waals surface area (Å²) in [6.07, 6.45) is 0.848. The molecule has 0 N–H and O–H groups in total. The molecular formula is C24H26N4O4S. The van der Waals surface area contributed by atoms with Crippen molar-refractivity contribution in [3.63, 3.8) is 0 Å². The van der Waals surface area contributed by atoms with Crippen LogP contribution in [0.5, 0.6) is 11.5 Å². The lowest BCUT2D eigenvalue weighted by molar-refractivity contribution is 0.102. The van der Waals surface area contributed by atoms with Gasteiger partial charge in [-0.25, -0.2) is 0 Å². The molecule has 0 saturated heterocycles. The van der Waals surface area contributed by atoms with Gasteiger partial charge >= 0.3 is 0 Å². The van der Waals surface area contributed by atoms with Crippen LogP contribution in [0.1, 0.15) is 30.6 Å². The first-order chi connectivity index (χ1) is 15.9. The number of Topliss-reactive ketones (excluding diaryl/α,β-unsaturated/α-hetero) is 1. The van der Waals surface area contributed by atoms with Crippen LogP contribution in [-0.2, 0) is 6.54 Å². The minimum atomic E-state index is -0.0795. The Labute approximate surface area is 195 Å². The number of ketones is 1. The van der Waals surface area contributed by atoms with E-state index in [0.717, 1.165) is 11.9 Å². The van der Waals surface area contributed by atoms with E-state index in [0.29, 0.717) is 45.8 Å². The number of aryl methyl sites for hydroxylation is 1. The SMILES string of the molecule is COc1ccc(C(=O)CSc2nnc3n(CCC(C)C)c(=O)c4ccccc4n23)cc1OC. The Hall–Kier alpha value is -3.33. The number of hydrogen-bond acceptors (Lipinski definition) is 7. The van der Waals surface area contributed by atoms with Gasteiger partial charge in [0.1, 0.15) is 0 Å². The second-order valence-corrected chi connectivity index (χ2v) is 9.00. The standard InChI is InChI=1S/C24H26N4O4S/c1-15(2)11-12-27-22(30)17-7-5-6-8-18(17)28-23(27)25-26-24(28)33-14-19(29)16-9-10-20(31-3)21(13-16)32-4/h5-10,13,15H,11-12,14H2,1-4H3. The molecule has 33 heavy (non-hydrogen) atoms. The van der Waals surface area contributed by atoms with Crippen LogP contribution in [0.3, 0.4) is 0 Å². The number of aromatic nitrogens is 4. The monoisotopic (exact) mass is 466 g/mol. The Kier molecular flexibility index (Phi) is 6.69. The Balaban J connectivity index is 1.69. The van der Waals surface area contributed by atoms with E-state index in [1.54, 1.807) is 29.9 Å². The van der Waals surface area contributed by atoms with E-state index in [1.165, 1.54) is 18.9 Å². The zero-order valence-corrected chi connectivity index (χ0v) is 19.9. The van der Waals surface area contributed by atoms with Gasteiger partial charge in [-0.3, -0.25) is 18.6 Å². The van der Waals surface area contributed by atoms with E-state index in [9.17, 15) is 9.59 Å². The highest BCUT2D eigenvalue weighted by atomic mass is 32.2. The zero-order valence-electron chi connectivity index (χ0n) is 19.1. The Bertz CT molecular complexity index is 1380. The lowest BCUT2D eigenvalue weighted by Crippen LogP contribution is -2.24. The largest absolute Gasteiger partial charge is 0.493 e. The molecule has 4 rings (SSSR count). The van der Waals surface area contributed by atoms with Crippen LogP contribution in [0.25, 0.3) is 16.7 Å². The predicted molar refractivity (Wildman–Crippen MR) is 129 cm³/mol. The minimum absolute atomic E-state index is 0.0739. The van der Waals surface area contributed by atoms with Gasteiger partial charge in [0.05, 0.1) is 30.9 Å². The number of hydrogen-bond donors (Lipinski definition) is 0. The van der Waals surface area contributed by atoms with E-state index in [4.69, 9.17) is 9.47 Å². The third kappa shape index (κ3) is 4.45. The molecule has 0 atom stereocenters. The summed E-state index contributed by atoms with van der Waals surface area (Å²) >= 11 is 1.29. The maximum Gasteiger partial charge on any atom is 0.262 e. The number of rotatable bonds is 9. The fourth-order valence-electron chi connectivity index (χ4n) is 3.64. The molecule has 0 radical (unpaired) electrons. The zero-order chi connectivity index (χ0) is 23.5. The van der Waals surface area contributed by atoms with E-state index in [1.807, 2.05) is 28.7 Å². The van der Waals surface area contributed by atoms with Crippen LogP contribution < -0.4 is 15.0 Å². The number of methoxy groups -OCH3 is 2. The van der Waals surface area contributed by atoms with Crippen LogP contribution >= 0.6 is 11.8 Å². The first-order valence-corrected chi connectivity index (χ1v) is 11.7. The van der Waals surface area contributed by atoms with Crippen molar-refractivity contribution in [2.24, 2.45) is 5.92 Å². The first kappa shape index (κ1) is 22.8. The average molecular weight is 467 g/mol. The third-order valence-corrected chi connectivity index (χ3v) is 6.38. The maximum absolute atomic E-state index is 13.1. The molecule has 0 fully saturated rings. The average Bonchev–Trinajstić information content (AvgIpc) is 3.25. The van der Waals surface area contributed by atoms with Crippen molar-refractivity contribution in [1.29, 1.82) is 0 Å². The second-order valence-electron chi connectivity index (χ2n) is 8.06. The van der Waals surface area contributed by atoms with Gasteiger partial charge in [-0.2, -0.15) is 0 Å². The molecule has 2 aromatic heterocycles. The molecule has 0 unspecified atom stereocenters. The van der Waals surface area contributed by atoms with E-state index in [2.05, 4.69) is 24.0 Å². The van der Waals surface area contributed by atoms with Gasteiger partial charge in [-0.1, -0.05) is 37.7 Å². The van der Waals surface area contributed by atoms with Crippen LogP contribution in [0, 0.1) is 5.92 Å². The number of para-hydroxylation sites is 1. The van der Waals surface area contributed by atoms with Crippen molar-refractivity contribution < 1.29 is 14.3 Å². The second kappa shape index (κ2) is 9.66. The highest BCUT2D eigenvalue weighted by molar-refractivity contribution is 7.99. The van der Waals surface area contributed by atoms with Crippen molar-refractivity contribution in [2.45, 2.75) is 32.0 Å². The van der Waals surface area contributed by atoms with Gasteiger partial charge in [0.15, 0.2) is 22.4 Å². The van der Waals surface area contributed by atoms with Crippen LogP contribution in [0.4, 0.5) is 0 Å². The Morgan fingerprint density at radius 3 is 2.55 bits per heavy atom. The number of fused-ring (bicyclic) bond motifs is 3. The quantitative estimate of drug-likeness (QED) is 0.271. The molecule has 8 nitrogen and oxygen atoms in total. The van der Waals surface area contributed by atoms with Crippen molar-refractivity contribution in [2.75, 3.05) is 20.0 Å². The predicted octanol–water partition coefficient (Wildman–Crippen LogP) is 4.08.